The first-order chi connectivity index (χ1) is 19.3. The smallest absolute Gasteiger partial charge is 0.411 e. The zero-order valence-electron chi connectivity index (χ0n) is 20.8. The van der Waals surface area contributed by atoms with Gasteiger partial charge in [-0.2, -0.15) is 0 Å². The monoisotopic (exact) mass is 545 g/mol. The maximum Gasteiger partial charge on any atom is 0.411 e. The standard InChI is InChI=1S/C30H22F3N3O4/c31-21-10-4-18(5-11-21)17-36-26(29(38)35-25-3-1-2-23(33)16-25)27(40-30(36)39)19-8-14-24(15-9-19)34-28(37)20-6-12-22(32)13-7-20/h1-16,26-27H,17H2,(H,34,37)(H,35,38)/t26-,27-/m1/s1. The van der Waals surface area contributed by atoms with Gasteiger partial charge in [0.05, 0.1) is 6.54 Å². The zero-order chi connectivity index (χ0) is 28.2. The number of ether oxygens (including phenoxy) is 1. The number of cyclic esters (lactones) is 1. The molecule has 0 spiro atoms. The fourth-order valence-electron chi connectivity index (χ4n) is 4.34. The average molecular weight is 546 g/mol. The highest BCUT2D eigenvalue weighted by atomic mass is 19.1. The highest BCUT2D eigenvalue weighted by Gasteiger charge is 2.47. The minimum Gasteiger partial charge on any atom is -0.438 e. The molecule has 0 aliphatic carbocycles. The predicted molar refractivity (Wildman–Crippen MR) is 141 cm³/mol. The molecule has 0 aromatic heterocycles. The highest BCUT2D eigenvalue weighted by molar-refractivity contribution is 6.04. The Balaban J connectivity index is 1.39. The third kappa shape index (κ3) is 5.96. The number of carbonyl (C=O) groups excluding carboxylic acids is 3. The van der Waals surface area contributed by atoms with Crippen LogP contribution >= 0.6 is 0 Å². The summed E-state index contributed by atoms with van der Waals surface area (Å²) in [6.45, 7) is -0.0390. The van der Waals surface area contributed by atoms with Crippen LogP contribution in [0.4, 0.5) is 29.3 Å². The molecule has 2 N–H and O–H groups in total. The topological polar surface area (TPSA) is 87.7 Å². The molecular weight excluding hydrogens is 523 g/mol. The van der Waals surface area contributed by atoms with Crippen LogP contribution in [0.3, 0.4) is 0 Å². The number of benzene rings is 4. The molecule has 1 heterocycles. The van der Waals surface area contributed by atoms with E-state index in [4.69, 9.17) is 4.74 Å². The summed E-state index contributed by atoms with van der Waals surface area (Å²) in [6.07, 6.45) is -1.80. The largest absolute Gasteiger partial charge is 0.438 e. The van der Waals surface area contributed by atoms with Gasteiger partial charge in [-0.25, -0.2) is 18.0 Å². The van der Waals surface area contributed by atoms with E-state index >= 15 is 0 Å². The number of carbonyl (C=O) groups is 3. The van der Waals surface area contributed by atoms with Crippen LogP contribution in [0.25, 0.3) is 0 Å². The third-order valence-electron chi connectivity index (χ3n) is 6.32. The van der Waals surface area contributed by atoms with Crippen LogP contribution in [-0.4, -0.2) is 28.8 Å². The Morgan fingerprint density at radius 2 is 1.40 bits per heavy atom. The molecule has 1 aliphatic rings. The van der Waals surface area contributed by atoms with Gasteiger partial charge < -0.3 is 15.4 Å². The molecule has 2 atom stereocenters. The summed E-state index contributed by atoms with van der Waals surface area (Å²) in [4.78, 5) is 40.1. The van der Waals surface area contributed by atoms with Crippen molar-refractivity contribution in [2.24, 2.45) is 0 Å². The van der Waals surface area contributed by atoms with Crippen molar-refractivity contribution in [1.82, 2.24) is 4.90 Å². The Morgan fingerprint density at radius 3 is 2.05 bits per heavy atom. The Morgan fingerprint density at radius 1 is 0.750 bits per heavy atom. The number of rotatable bonds is 7. The van der Waals surface area contributed by atoms with Gasteiger partial charge in [-0.05, 0) is 77.9 Å². The van der Waals surface area contributed by atoms with Gasteiger partial charge in [-0.15, -0.1) is 0 Å². The van der Waals surface area contributed by atoms with E-state index in [0.717, 1.165) is 6.07 Å². The lowest BCUT2D eigenvalue weighted by atomic mass is 10.00. The summed E-state index contributed by atoms with van der Waals surface area (Å²) in [6, 6.07) is 21.1. The van der Waals surface area contributed by atoms with E-state index in [0.29, 0.717) is 16.8 Å². The number of hydrogen-bond donors (Lipinski definition) is 2. The summed E-state index contributed by atoms with van der Waals surface area (Å²) < 4.78 is 45.9. The van der Waals surface area contributed by atoms with Gasteiger partial charge in [-0.1, -0.05) is 30.3 Å². The normalized spacial score (nSPS) is 16.4. The summed E-state index contributed by atoms with van der Waals surface area (Å²) in [5, 5.41) is 5.33. The maximum absolute atomic E-state index is 13.7. The lowest BCUT2D eigenvalue weighted by Gasteiger charge is -2.24. The predicted octanol–water partition coefficient (Wildman–Crippen LogP) is 6.06. The van der Waals surface area contributed by atoms with Crippen LogP contribution in [0.1, 0.15) is 27.6 Å². The van der Waals surface area contributed by atoms with Crippen molar-refractivity contribution in [2.75, 3.05) is 10.6 Å². The zero-order valence-corrected chi connectivity index (χ0v) is 20.8. The number of nitrogens with one attached hydrogen (secondary N) is 2. The number of anilines is 2. The lowest BCUT2D eigenvalue weighted by molar-refractivity contribution is -0.121. The van der Waals surface area contributed by atoms with Gasteiger partial charge in [0, 0.05) is 16.9 Å². The second-order valence-corrected chi connectivity index (χ2v) is 9.09. The second kappa shape index (κ2) is 11.3. The van der Waals surface area contributed by atoms with Crippen molar-refractivity contribution < 1.29 is 32.3 Å². The summed E-state index contributed by atoms with van der Waals surface area (Å²) in [5.74, 6) is -2.52. The fourth-order valence-corrected chi connectivity index (χ4v) is 4.34. The number of hydrogen-bond acceptors (Lipinski definition) is 4. The molecule has 10 heteroatoms. The molecule has 4 aromatic rings. The maximum atomic E-state index is 13.7. The molecule has 40 heavy (non-hydrogen) atoms. The molecule has 4 aromatic carbocycles. The quantitative estimate of drug-likeness (QED) is 0.296. The average Bonchev–Trinajstić information content (AvgIpc) is 3.26. The molecule has 3 amide bonds. The third-order valence-corrected chi connectivity index (χ3v) is 6.32. The molecular formula is C30H22F3N3O4. The number of amides is 3. The van der Waals surface area contributed by atoms with Crippen molar-refractivity contribution in [3.63, 3.8) is 0 Å². The van der Waals surface area contributed by atoms with E-state index in [1.807, 2.05) is 0 Å². The highest BCUT2D eigenvalue weighted by Crippen LogP contribution is 2.35. The second-order valence-electron chi connectivity index (χ2n) is 9.09. The van der Waals surface area contributed by atoms with Crippen molar-refractivity contribution in [2.45, 2.75) is 18.7 Å². The molecule has 0 bridgehead atoms. The van der Waals surface area contributed by atoms with E-state index in [1.165, 1.54) is 71.6 Å². The van der Waals surface area contributed by atoms with Crippen molar-refractivity contribution in [1.29, 1.82) is 0 Å². The van der Waals surface area contributed by atoms with Crippen LogP contribution in [0, 0.1) is 17.5 Å². The molecule has 1 saturated heterocycles. The van der Waals surface area contributed by atoms with Crippen molar-refractivity contribution in [3.05, 3.63) is 131 Å². The molecule has 7 nitrogen and oxygen atoms in total. The minimum atomic E-state index is -1.15. The van der Waals surface area contributed by atoms with Gasteiger partial charge in [-0.3, -0.25) is 14.5 Å². The Bertz CT molecular complexity index is 1540. The molecule has 0 unspecified atom stereocenters. The first kappa shape index (κ1) is 26.5. The summed E-state index contributed by atoms with van der Waals surface area (Å²) in [7, 11) is 0. The van der Waals surface area contributed by atoms with E-state index < -0.39 is 47.5 Å². The molecule has 1 aliphatic heterocycles. The van der Waals surface area contributed by atoms with Crippen LogP contribution in [0.5, 0.6) is 0 Å². The first-order valence-electron chi connectivity index (χ1n) is 12.2. The number of nitrogens with zero attached hydrogens (tertiary/aromatic N) is 1. The van der Waals surface area contributed by atoms with E-state index in [2.05, 4.69) is 10.6 Å². The van der Waals surface area contributed by atoms with Crippen molar-refractivity contribution in [3.8, 4) is 0 Å². The van der Waals surface area contributed by atoms with E-state index in [9.17, 15) is 27.6 Å². The van der Waals surface area contributed by atoms with Crippen LogP contribution < -0.4 is 10.6 Å². The lowest BCUT2D eigenvalue weighted by Crippen LogP contribution is -2.43. The van der Waals surface area contributed by atoms with Gasteiger partial charge >= 0.3 is 6.09 Å². The van der Waals surface area contributed by atoms with Crippen molar-refractivity contribution >= 4 is 29.3 Å². The molecule has 0 saturated carbocycles. The summed E-state index contributed by atoms with van der Waals surface area (Å²) >= 11 is 0. The van der Waals surface area contributed by atoms with Gasteiger partial charge in [0.1, 0.15) is 17.5 Å². The van der Waals surface area contributed by atoms with Gasteiger partial charge in [0.15, 0.2) is 12.1 Å². The molecule has 0 radical (unpaired) electrons. The van der Waals surface area contributed by atoms with Crippen LogP contribution in [0.2, 0.25) is 0 Å². The minimum absolute atomic E-state index is 0.0390. The Kier molecular flexibility index (Phi) is 7.50. The SMILES string of the molecule is O=C(Nc1ccc([C@H]2OC(=O)N(Cc3ccc(F)cc3)[C@H]2C(=O)Nc2cccc(F)c2)cc1)c1ccc(F)cc1. The van der Waals surface area contributed by atoms with E-state index in [1.54, 1.807) is 24.3 Å². The Labute approximate surface area is 227 Å². The summed E-state index contributed by atoms with van der Waals surface area (Å²) in [5.41, 5.74) is 1.92. The molecule has 202 valence electrons. The fraction of sp³-hybridized carbons (Fsp3) is 0.100. The van der Waals surface area contributed by atoms with Gasteiger partial charge in [0.25, 0.3) is 11.8 Å². The molecule has 5 rings (SSSR count). The Hall–Kier alpha value is -5.12. The van der Waals surface area contributed by atoms with Crippen LogP contribution in [-0.2, 0) is 16.1 Å². The molecule has 1 fully saturated rings. The van der Waals surface area contributed by atoms with Crippen LogP contribution in [0.15, 0.2) is 97.1 Å². The number of halogens is 3. The first-order valence-corrected chi connectivity index (χ1v) is 12.2. The van der Waals surface area contributed by atoms with E-state index in [-0.39, 0.29) is 17.8 Å². The van der Waals surface area contributed by atoms with Gasteiger partial charge in [0.2, 0.25) is 0 Å².